The summed E-state index contributed by atoms with van der Waals surface area (Å²) in [5, 5.41) is 0. The standard InChI is InChI=1S/C65H106N2/c1-5-9-13-15-17-19-20-21-22-23-24-25-26-27-28-29-30-31-32-33-34-35-36-37-39-41-43-45-55-63-62(54-44-42-40-38-18-16-14-10-6-2)64(60-52-46-50-58(56-60)48-11-7-3)67(66)65(63)61-53-47-51-59(57-61)49-12-8-4/h46-47,50-53,56-57H,5-44,48-49,54H2,1-4H3. The number of unbranched alkanes of at least 4 members (excludes halogenated alkanes) is 36. The molecule has 1 aliphatic heterocycles. The second-order valence-electron chi connectivity index (χ2n) is 20.9. The highest BCUT2D eigenvalue weighted by atomic mass is 15.2. The number of allylic oxidation sites excluding steroid dienone is 2. The topological polar surface area (TPSA) is 25.3 Å². The molecule has 376 valence electrons. The van der Waals surface area contributed by atoms with Gasteiger partial charge in [0.25, 0.3) is 0 Å². The Morgan fingerprint density at radius 1 is 0.358 bits per heavy atom. The van der Waals surface area contributed by atoms with Gasteiger partial charge in [-0.25, -0.2) is 4.70 Å². The lowest BCUT2D eigenvalue weighted by Crippen LogP contribution is -2.03. The molecule has 0 fully saturated rings. The van der Waals surface area contributed by atoms with E-state index in [-0.39, 0.29) is 0 Å². The molecule has 2 nitrogen and oxygen atoms in total. The Bertz CT molecular complexity index is 1660. The van der Waals surface area contributed by atoms with Crippen LogP contribution in [-0.4, -0.2) is 4.70 Å². The Morgan fingerprint density at radius 3 is 1.06 bits per heavy atom. The van der Waals surface area contributed by atoms with Gasteiger partial charge in [-0.3, -0.25) is 0 Å². The molecule has 0 spiro atoms. The van der Waals surface area contributed by atoms with Gasteiger partial charge in [-0.15, -0.1) is 0 Å². The third-order valence-electron chi connectivity index (χ3n) is 14.7. The summed E-state index contributed by atoms with van der Waals surface area (Å²) in [6.45, 7) is 9.14. The lowest BCUT2D eigenvalue weighted by atomic mass is 9.93. The maximum absolute atomic E-state index is 12.3. The number of hydrogen-bond acceptors (Lipinski definition) is 0. The minimum absolute atomic E-state index is 0.885. The average molecular weight is 916 g/mol. The van der Waals surface area contributed by atoms with Crippen LogP contribution in [0.5, 0.6) is 0 Å². The molecular formula is C65H106N2. The number of rotatable bonds is 44. The molecule has 3 rings (SSSR count). The molecule has 67 heavy (non-hydrogen) atoms. The van der Waals surface area contributed by atoms with Gasteiger partial charge in [0, 0.05) is 23.1 Å². The first-order chi connectivity index (χ1) is 33.1. The van der Waals surface area contributed by atoms with E-state index < -0.39 is 0 Å². The Morgan fingerprint density at radius 2 is 0.687 bits per heavy atom. The maximum atomic E-state index is 12.3. The predicted molar refractivity (Wildman–Crippen MR) is 298 cm³/mol. The highest BCUT2D eigenvalue weighted by molar-refractivity contribution is 5.85. The summed E-state index contributed by atoms with van der Waals surface area (Å²) in [5.74, 6) is 7.40. The highest BCUT2D eigenvalue weighted by Gasteiger charge is 2.35. The molecule has 1 aliphatic rings. The quantitative estimate of drug-likeness (QED) is 0.0360. The molecule has 2 aromatic carbocycles. The first-order valence-electron chi connectivity index (χ1n) is 29.8. The van der Waals surface area contributed by atoms with E-state index in [0.717, 1.165) is 66.6 Å². The second-order valence-corrected chi connectivity index (χ2v) is 20.9. The van der Waals surface area contributed by atoms with E-state index in [1.165, 1.54) is 259 Å². The fourth-order valence-electron chi connectivity index (χ4n) is 10.4. The summed E-state index contributed by atoms with van der Waals surface area (Å²) >= 11 is 0. The Kier molecular flexibility index (Phi) is 35.7. The molecule has 0 radical (unpaired) electrons. The van der Waals surface area contributed by atoms with E-state index in [0.29, 0.717) is 0 Å². The summed E-state index contributed by atoms with van der Waals surface area (Å²) < 4.78 is 1.53. The minimum atomic E-state index is 0.885. The lowest BCUT2D eigenvalue weighted by Gasteiger charge is -2.11. The van der Waals surface area contributed by atoms with Crippen LogP contribution >= 0.6 is 0 Å². The van der Waals surface area contributed by atoms with Gasteiger partial charge in [-0.05, 0) is 80.3 Å². The van der Waals surface area contributed by atoms with Crippen molar-refractivity contribution >= 4 is 11.4 Å². The average Bonchev–Trinajstić information content (AvgIpc) is 3.62. The van der Waals surface area contributed by atoms with Gasteiger partial charge >= 0.3 is 0 Å². The van der Waals surface area contributed by atoms with Crippen molar-refractivity contribution in [2.24, 2.45) is 0 Å². The summed E-state index contributed by atoms with van der Waals surface area (Å²) in [7, 11) is 0. The summed E-state index contributed by atoms with van der Waals surface area (Å²) in [4.78, 5) is 0. The molecule has 0 bridgehead atoms. The first-order valence-corrected chi connectivity index (χ1v) is 29.8. The summed E-state index contributed by atoms with van der Waals surface area (Å²) in [6.07, 6.45) is 57.5. The maximum Gasteiger partial charge on any atom is 0.223 e. The van der Waals surface area contributed by atoms with Gasteiger partial charge in [0.15, 0.2) is 0 Å². The van der Waals surface area contributed by atoms with E-state index >= 15 is 0 Å². The fourth-order valence-corrected chi connectivity index (χ4v) is 10.4. The molecule has 0 saturated carbocycles. The summed E-state index contributed by atoms with van der Waals surface area (Å²) in [5.41, 5.74) is 21.4. The monoisotopic (exact) mass is 915 g/mol. The minimum Gasteiger partial charge on any atom is -0.493 e. The van der Waals surface area contributed by atoms with Crippen molar-refractivity contribution in [2.75, 3.05) is 0 Å². The van der Waals surface area contributed by atoms with E-state index in [1.54, 1.807) is 0 Å². The number of hydrogen-bond donors (Lipinski definition) is 0. The van der Waals surface area contributed by atoms with E-state index in [4.69, 9.17) is 0 Å². The van der Waals surface area contributed by atoms with Gasteiger partial charge in [-0.1, -0.05) is 289 Å². The molecule has 0 aliphatic carbocycles. The molecule has 0 N–H and O–H groups in total. The normalized spacial score (nSPS) is 12.7. The molecule has 0 saturated heterocycles. The molecule has 0 aromatic heterocycles. The second kappa shape index (κ2) is 40.9. The number of nitrogens with zero attached hydrogens (tertiary/aromatic N) is 2. The van der Waals surface area contributed by atoms with Crippen molar-refractivity contribution in [2.45, 2.75) is 304 Å². The van der Waals surface area contributed by atoms with Crippen molar-refractivity contribution in [1.29, 1.82) is 0 Å². The van der Waals surface area contributed by atoms with Crippen LogP contribution in [-0.2, 0) is 12.8 Å². The molecular weight excluding hydrogens is 809 g/mol. The zero-order valence-electron chi connectivity index (χ0n) is 44.9. The zero-order chi connectivity index (χ0) is 47.7. The van der Waals surface area contributed by atoms with Crippen LogP contribution in [0.1, 0.15) is 313 Å². The van der Waals surface area contributed by atoms with Crippen LogP contribution in [0.4, 0.5) is 0 Å². The smallest absolute Gasteiger partial charge is 0.223 e. The first kappa shape index (κ1) is 58.4. The largest absolute Gasteiger partial charge is 0.493 e. The van der Waals surface area contributed by atoms with Crippen LogP contribution < -0.4 is 0 Å². The fraction of sp³-hybridized carbons (Fsp3) is 0.723. The lowest BCUT2D eigenvalue weighted by molar-refractivity contribution is -0.345. The number of aryl methyl sites for hydroxylation is 2. The van der Waals surface area contributed by atoms with E-state index in [9.17, 15) is 5.53 Å². The molecule has 0 amide bonds. The van der Waals surface area contributed by atoms with Crippen molar-refractivity contribution in [1.82, 2.24) is 0 Å². The molecule has 2 heteroatoms. The van der Waals surface area contributed by atoms with Crippen LogP contribution in [0, 0.1) is 11.8 Å². The third-order valence-corrected chi connectivity index (χ3v) is 14.7. The Balaban J connectivity index is 1.44. The van der Waals surface area contributed by atoms with Crippen molar-refractivity contribution in [3.63, 3.8) is 0 Å². The SMILES string of the molecule is CCCCCCCCCCCCCCCCCCCCCCCCCCCCC#CC1=C(c2cccc(CCCC)c2)[N+](=[N-])C(c2cccc(CCCC)c2)=C1CCCCCCCCCCC. The molecule has 2 aromatic rings. The van der Waals surface area contributed by atoms with Crippen LogP contribution in [0.3, 0.4) is 0 Å². The zero-order valence-corrected chi connectivity index (χ0v) is 44.9. The molecule has 0 atom stereocenters. The van der Waals surface area contributed by atoms with Crippen molar-refractivity contribution < 1.29 is 4.70 Å². The predicted octanol–water partition coefficient (Wildman–Crippen LogP) is 22.0. The van der Waals surface area contributed by atoms with Crippen LogP contribution in [0.2, 0.25) is 0 Å². The van der Waals surface area contributed by atoms with Gasteiger partial charge in [0.1, 0.15) is 5.57 Å². The molecule has 1 heterocycles. The van der Waals surface area contributed by atoms with Crippen molar-refractivity contribution in [3.05, 3.63) is 87.5 Å². The van der Waals surface area contributed by atoms with Gasteiger partial charge in [-0.2, -0.15) is 0 Å². The van der Waals surface area contributed by atoms with Gasteiger partial charge in [0.2, 0.25) is 11.4 Å². The third kappa shape index (κ3) is 26.6. The van der Waals surface area contributed by atoms with Crippen LogP contribution in [0.15, 0.2) is 59.7 Å². The summed E-state index contributed by atoms with van der Waals surface area (Å²) in [6, 6.07) is 17.9. The van der Waals surface area contributed by atoms with E-state index in [1.807, 2.05) is 0 Å². The highest BCUT2D eigenvalue weighted by Crippen LogP contribution is 2.43. The Hall–Kier alpha value is -2.92. The van der Waals surface area contributed by atoms with Gasteiger partial charge in [0.05, 0.1) is 0 Å². The number of benzene rings is 2. The van der Waals surface area contributed by atoms with Crippen molar-refractivity contribution in [3.8, 4) is 11.8 Å². The van der Waals surface area contributed by atoms with Crippen LogP contribution in [0.25, 0.3) is 16.9 Å². The van der Waals surface area contributed by atoms with Gasteiger partial charge < -0.3 is 5.53 Å². The molecule has 0 unspecified atom stereocenters. The van der Waals surface area contributed by atoms with E-state index in [2.05, 4.69) is 88.1 Å². The Labute approximate surface area is 417 Å².